The van der Waals surface area contributed by atoms with Crippen molar-refractivity contribution >= 4 is 57.0 Å². The van der Waals surface area contributed by atoms with Crippen LogP contribution in [0.1, 0.15) is 16.8 Å². The molecule has 0 saturated carbocycles. The summed E-state index contributed by atoms with van der Waals surface area (Å²) >= 11 is 4.82. The minimum Gasteiger partial charge on any atom is -0.465 e. The maximum absolute atomic E-state index is 12.5. The number of rotatable bonds is 8. The number of methoxy groups -OCH3 is 1. The highest BCUT2D eigenvalue weighted by Gasteiger charge is 2.12. The molecule has 1 heterocycles. The minimum atomic E-state index is -0.372. The molecule has 0 aliphatic heterocycles. The first-order valence-electron chi connectivity index (χ1n) is 9.08. The number of carbonyl (C=O) groups excluding carboxylic acids is 2. The fourth-order valence-corrected chi connectivity index (χ4v) is 5.08. The predicted octanol–water partition coefficient (Wildman–Crippen LogP) is 4.46. The smallest absolute Gasteiger partial charge is 0.337 e. The molecule has 0 fully saturated rings. The van der Waals surface area contributed by atoms with Gasteiger partial charge in [-0.3, -0.25) is 4.79 Å². The molecule has 1 amide bonds. The number of aromatic nitrogens is 1. The van der Waals surface area contributed by atoms with E-state index in [1.807, 2.05) is 42.7 Å². The number of benzene rings is 2. The number of esters is 1. The van der Waals surface area contributed by atoms with Crippen LogP contribution in [0, 0.1) is 0 Å². The summed E-state index contributed by atoms with van der Waals surface area (Å²) < 4.78 is 7.78. The van der Waals surface area contributed by atoms with Gasteiger partial charge in [-0.2, -0.15) is 16.8 Å². The molecule has 152 valence electrons. The van der Waals surface area contributed by atoms with Crippen molar-refractivity contribution in [2.75, 3.05) is 24.9 Å². The second-order valence-electron chi connectivity index (χ2n) is 6.12. The van der Waals surface area contributed by atoms with E-state index in [1.165, 1.54) is 18.4 Å². The topological polar surface area (TPSA) is 60.7 Å². The van der Waals surface area contributed by atoms with Gasteiger partial charge < -0.3 is 9.30 Å². The van der Waals surface area contributed by atoms with Crippen molar-refractivity contribution in [2.24, 2.45) is 4.99 Å². The summed E-state index contributed by atoms with van der Waals surface area (Å²) in [5.41, 5.74) is 1.47. The van der Waals surface area contributed by atoms with E-state index in [1.54, 1.807) is 35.7 Å². The average Bonchev–Trinajstić information content (AvgIpc) is 3.08. The van der Waals surface area contributed by atoms with Crippen molar-refractivity contribution in [1.29, 1.82) is 0 Å². The molecule has 0 aliphatic rings. The molecule has 8 heteroatoms. The standard InChI is InChI=1S/C21H22N2O3S3/c1-26-20(25)15-8-9-17-18(14-15)29-21(23(17)11-13-27-2)22-19(24)10-12-28-16-6-4-3-5-7-16/h3-9,14H,10-13H2,1-2H3. The van der Waals surface area contributed by atoms with Gasteiger partial charge in [-0.05, 0) is 36.6 Å². The second-order valence-corrected chi connectivity index (χ2v) is 9.28. The zero-order valence-electron chi connectivity index (χ0n) is 16.3. The molecule has 3 aromatic rings. The van der Waals surface area contributed by atoms with Gasteiger partial charge in [0.15, 0.2) is 4.80 Å². The number of thiazole rings is 1. The van der Waals surface area contributed by atoms with E-state index in [4.69, 9.17) is 4.74 Å². The molecule has 0 aliphatic carbocycles. The summed E-state index contributed by atoms with van der Waals surface area (Å²) in [6, 6.07) is 15.5. The van der Waals surface area contributed by atoms with Crippen molar-refractivity contribution in [2.45, 2.75) is 17.9 Å². The van der Waals surface area contributed by atoms with E-state index in [0.29, 0.717) is 22.5 Å². The number of hydrogen-bond donors (Lipinski definition) is 0. The molecule has 29 heavy (non-hydrogen) atoms. The quantitative estimate of drug-likeness (QED) is 0.378. The summed E-state index contributed by atoms with van der Waals surface area (Å²) in [5.74, 6) is 1.10. The van der Waals surface area contributed by atoms with Crippen LogP contribution in [0.4, 0.5) is 0 Å². The molecule has 0 spiro atoms. The van der Waals surface area contributed by atoms with E-state index in [9.17, 15) is 9.59 Å². The number of hydrogen-bond acceptors (Lipinski definition) is 6. The first kappa shape index (κ1) is 21.7. The number of amides is 1. The summed E-state index contributed by atoms with van der Waals surface area (Å²) in [4.78, 5) is 30.5. The molecule has 0 saturated heterocycles. The van der Waals surface area contributed by atoms with Crippen molar-refractivity contribution in [1.82, 2.24) is 4.57 Å². The van der Waals surface area contributed by atoms with Crippen LogP contribution in [0.3, 0.4) is 0 Å². The Bertz CT molecular complexity index is 1060. The maximum Gasteiger partial charge on any atom is 0.337 e. The highest BCUT2D eigenvalue weighted by atomic mass is 32.2. The lowest BCUT2D eigenvalue weighted by molar-refractivity contribution is -0.117. The van der Waals surface area contributed by atoms with Gasteiger partial charge in [-0.1, -0.05) is 29.5 Å². The Kier molecular flexibility index (Phi) is 7.97. The Labute approximate surface area is 182 Å². The molecule has 0 unspecified atom stereocenters. The molecule has 2 aromatic carbocycles. The molecular weight excluding hydrogens is 424 g/mol. The van der Waals surface area contributed by atoms with Crippen LogP contribution >= 0.6 is 34.9 Å². The van der Waals surface area contributed by atoms with Crippen molar-refractivity contribution in [3.05, 3.63) is 58.9 Å². The van der Waals surface area contributed by atoms with Gasteiger partial charge >= 0.3 is 5.97 Å². The highest BCUT2D eigenvalue weighted by molar-refractivity contribution is 7.99. The van der Waals surface area contributed by atoms with Crippen LogP contribution in [-0.2, 0) is 16.1 Å². The van der Waals surface area contributed by atoms with E-state index in [2.05, 4.69) is 9.56 Å². The van der Waals surface area contributed by atoms with Crippen molar-refractivity contribution in [3.63, 3.8) is 0 Å². The Hall–Kier alpha value is -2.03. The molecule has 3 rings (SSSR count). The van der Waals surface area contributed by atoms with E-state index in [-0.39, 0.29) is 11.9 Å². The fraction of sp³-hybridized carbons (Fsp3) is 0.286. The monoisotopic (exact) mass is 446 g/mol. The fourth-order valence-electron chi connectivity index (χ4n) is 2.74. The molecule has 0 atom stereocenters. The SMILES string of the molecule is COC(=O)c1ccc2c(c1)sc(=NC(=O)CCSc1ccccc1)n2CCSC. The summed E-state index contributed by atoms with van der Waals surface area (Å²) in [6.45, 7) is 0.754. The van der Waals surface area contributed by atoms with Crippen molar-refractivity contribution in [3.8, 4) is 0 Å². The summed E-state index contributed by atoms with van der Waals surface area (Å²) in [7, 11) is 1.37. The van der Waals surface area contributed by atoms with Gasteiger partial charge in [0.05, 0.1) is 22.9 Å². The molecule has 0 radical (unpaired) electrons. The number of carbonyl (C=O) groups is 2. The number of aryl methyl sites for hydroxylation is 1. The maximum atomic E-state index is 12.5. The number of nitrogens with zero attached hydrogens (tertiary/aromatic N) is 2. The van der Waals surface area contributed by atoms with Crippen LogP contribution in [0.15, 0.2) is 58.4 Å². The van der Waals surface area contributed by atoms with Gasteiger partial charge in [0, 0.05) is 29.4 Å². The van der Waals surface area contributed by atoms with E-state index in [0.717, 1.165) is 27.4 Å². The third kappa shape index (κ3) is 5.74. The molecule has 0 N–H and O–H groups in total. The minimum absolute atomic E-state index is 0.133. The summed E-state index contributed by atoms with van der Waals surface area (Å²) in [5, 5.41) is 0. The lowest BCUT2D eigenvalue weighted by Gasteiger charge is -2.04. The summed E-state index contributed by atoms with van der Waals surface area (Å²) in [6.07, 6.45) is 2.43. The van der Waals surface area contributed by atoms with Crippen LogP contribution < -0.4 is 4.80 Å². The van der Waals surface area contributed by atoms with Crippen LogP contribution in [-0.4, -0.2) is 41.3 Å². The lowest BCUT2D eigenvalue weighted by Crippen LogP contribution is -2.18. The second kappa shape index (κ2) is 10.7. The Morgan fingerprint density at radius 1 is 1.14 bits per heavy atom. The number of thioether (sulfide) groups is 2. The third-order valence-corrected chi connectivity index (χ3v) is 6.82. The van der Waals surface area contributed by atoms with E-state index < -0.39 is 0 Å². The van der Waals surface area contributed by atoms with Gasteiger partial charge in [0.1, 0.15) is 0 Å². The molecule has 1 aromatic heterocycles. The van der Waals surface area contributed by atoms with Crippen LogP contribution in [0.2, 0.25) is 0 Å². The normalized spacial score (nSPS) is 11.7. The molecular formula is C21H22N2O3S3. The largest absolute Gasteiger partial charge is 0.465 e. The Balaban J connectivity index is 1.83. The van der Waals surface area contributed by atoms with Crippen LogP contribution in [0.25, 0.3) is 10.2 Å². The number of fused-ring (bicyclic) bond motifs is 1. The van der Waals surface area contributed by atoms with Gasteiger partial charge in [0.2, 0.25) is 5.91 Å². The molecule has 5 nitrogen and oxygen atoms in total. The molecule has 0 bridgehead atoms. The zero-order valence-corrected chi connectivity index (χ0v) is 18.7. The van der Waals surface area contributed by atoms with Gasteiger partial charge in [-0.25, -0.2) is 4.79 Å². The number of ether oxygens (including phenoxy) is 1. The average molecular weight is 447 g/mol. The Morgan fingerprint density at radius 3 is 2.66 bits per heavy atom. The first-order chi connectivity index (χ1) is 14.1. The Morgan fingerprint density at radius 2 is 1.93 bits per heavy atom. The zero-order chi connectivity index (χ0) is 20.6. The van der Waals surface area contributed by atoms with Gasteiger partial charge in [0.25, 0.3) is 0 Å². The van der Waals surface area contributed by atoms with Crippen LogP contribution in [0.5, 0.6) is 0 Å². The lowest BCUT2D eigenvalue weighted by atomic mass is 10.2. The van der Waals surface area contributed by atoms with E-state index >= 15 is 0 Å². The first-order valence-corrected chi connectivity index (χ1v) is 12.3. The van der Waals surface area contributed by atoms with Gasteiger partial charge in [-0.15, -0.1) is 11.8 Å². The highest BCUT2D eigenvalue weighted by Crippen LogP contribution is 2.21. The predicted molar refractivity (Wildman–Crippen MR) is 122 cm³/mol. The van der Waals surface area contributed by atoms with Crippen molar-refractivity contribution < 1.29 is 14.3 Å². The third-order valence-electron chi connectivity index (χ3n) is 4.17.